The van der Waals surface area contributed by atoms with E-state index in [4.69, 9.17) is 17.3 Å². The van der Waals surface area contributed by atoms with Gasteiger partial charge in [0.1, 0.15) is 5.82 Å². The molecule has 0 aliphatic heterocycles. The Morgan fingerprint density at radius 3 is 2.70 bits per heavy atom. The van der Waals surface area contributed by atoms with E-state index < -0.39 is 5.82 Å². The molecule has 0 bridgehead atoms. The van der Waals surface area contributed by atoms with E-state index in [1.165, 1.54) is 6.07 Å². The van der Waals surface area contributed by atoms with Gasteiger partial charge in [-0.05, 0) is 6.07 Å². The lowest BCUT2D eigenvalue weighted by atomic mass is 10.2. The highest BCUT2D eigenvalue weighted by Gasteiger charge is 2.02. The van der Waals surface area contributed by atoms with E-state index in [-0.39, 0.29) is 11.6 Å². The fraction of sp³-hybridized carbons (Fsp3) is 0.143. The van der Waals surface area contributed by atoms with Crippen molar-refractivity contribution < 1.29 is 4.39 Å². The number of hydrogen-bond acceptors (Lipinski definition) is 0. The van der Waals surface area contributed by atoms with Crippen molar-refractivity contribution in [1.82, 2.24) is 5.73 Å². The third kappa shape index (κ3) is 1.28. The van der Waals surface area contributed by atoms with Gasteiger partial charge in [-0.25, -0.2) is 4.39 Å². The van der Waals surface area contributed by atoms with Crippen LogP contribution in [0.2, 0.25) is 5.02 Å². The molecule has 0 atom stereocenters. The summed E-state index contributed by atoms with van der Waals surface area (Å²) in [7, 11) is 0. The van der Waals surface area contributed by atoms with Crippen LogP contribution >= 0.6 is 11.6 Å². The second kappa shape index (κ2) is 2.99. The van der Waals surface area contributed by atoms with Crippen molar-refractivity contribution in [1.29, 1.82) is 0 Å². The van der Waals surface area contributed by atoms with Gasteiger partial charge in [0.2, 0.25) is 0 Å². The average molecular weight is 159 g/mol. The van der Waals surface area contributed by atoms with Crippen molar-refractivity contribution in [3.63, 3.8) is 0 Å². The van der Waals surface area contributed by atoms with Crippen LogP contribution in [0, 0.1) is 5.82 Å². The monoisotopic (exact) mass is 158 g/mol. The van der Waals surface area contributed by atoms with Gasteiger partial charge in [0.25, 0.3) is 0 Å². The molecule has 0 saturated carbocycles. The van der Waals surface area contributed by atoms with Crippen molar-refractivity contribution in [3.05, 3.63) is 34.6 Å². The smallest absolute Gasteiger partial charge is 0.146 e. The maximum atomic E-state index is 12.8. The van der Waals surface area contributed by atoms with Gasteiger partial charge < -0.3 is 0 Å². The zero-order chi connectivity index (χ0) is 7.56. The molecule has 3 heteroatoms. The summed E-state index contributed by atoms with van der Waals surface area (Å²) in [6, 6.07) is 4.65. The second-order valence-corrected chi connectivity index (χ2v) is 2.30. The summed E-state index contributed by atoms with van der Waals surface area (Å²) in [5, 5.41) is 0.0877. The number of hydrogen-bond donors (Lipinski definition) is 0. The number of rotatable bonds is 1. The van der Waals surface area contributed by atoms with Crippen LogP contribution in [-0.2, 0) is 6.54 Å². The van der Waals surface area contributed by atoms with Gasteiger partial charge >= 0.3 is 0 Å². The van der Waals surface area contributed by atoms with Gasteiger partial charge in [0.05, 0.1) is 5.02 Å². The van der Waals surface area contributed by atoms with Gasteiger partial charge in [-0.15, -0.1) is 0 Å². The average Bonchev–Trinajstić information content (AvgIpc) is 1.95. The summed E-state index contributed by atoms with van der Waals surface area (Å²) < 4.78 is 12.8. The standard InChI is InChI=1S/C7H6ClFN/c8-6-3-1-2-5(4-10)7(6)9/h1-3,10H,4H2. The lowest BCUT2D eigenvalue weighted by Gasteiger charge is -1.98. The molecular weight excluding hydrogens is 153 g/mol. The number of halogens is 2. The largest absolute Gasteiger partial charge is 0.253 e. The van der Waals surface area contributed by atoms with Crippen molar-refractivity contribution in [3.8, 4) is 0 Å². The van der Waals surface area contributed by atoms with Crippen molar-refractivity contribution in [2.75, 3.05) is 0 Å². The fourth-order valence-electron chi connectivity index (χ4n) is 0.685. The fourth-order valence-corrected chi connectivity index (χ4v) is 0.879. The third-order valence-corrected chi connectivity index (χ3v) is 1.51. The third-order valence-electron chi connectivity index (χ3n) is 1.22. The molecule has 0 spiro atoms. The van der Waals surface area contributed by atoms with E-state index >= 15 is 0 Å². The van der Waals surface area contributed by atoms with Crippen LogP contribution in [0.1, 0.15) is 5.56 Å². The molecule has 0 fully saturated rings. The van der Waals surface area contributed by atoms with Crippen molar-refractivity contribution >= 4 is 11.6 Å². The Hall–Kier alpha value is -0.600. The minimum Gasteiger partial charge on any atom is -0.253 e. The van der Waals surface area contributed by atoms with E-state index in [9.17, 15) is 4.39 Å². The molecule has 0 aromatic heterocycles. The Labute approximate surface area is 63.6 Å². The molecule has 0 unspecified atom stereocenters. The summed E-state index contributed by atoms with van der Waals surface area (Å²) in [6.07, 6.45) is 0. The Bertz CT molecular complexity index is 237. The minimum atomic E-state index is -0.473. The summed E-state index contributed by atoms with van der Waals surface area (Å²) in [4.78, 5) is 0. The topological polar surface area (TPSA) is 23.8 Å². The summed E-state index contributed by atoms with van der Waals surface area (Å²) in [5.74, 6) is -0.473. The molecule has 53 valence electrons. The molecule has 0 aliphatic rings. The summed E-state index contributed by atoms with van der Waals surface area (Å²) in [6.45, 7) is -0.0631. The summed E-state index contributed by atoms with van der Waals surface area (Å²) in [5.41, 5.74) is 7.22. The minimum absolute atomic E-state index is 0.0631. The van der Waals surface area contributed by atoms with Crippen LogP contribution in [0.15, 0.2) is 18.2 Å². The molecule has 1 radical (unpaired) electrons. The van der Waals surface area contributed by atoms with Gasteiger partial charge in [-0.1, -0.05) is 23.7 Å². The highest BCUT2D eigenvalue weighted by molar-refractivity contribution is 6.30. The molecule has 1 aromatic rings. The van der Waals surface area contributed by atoms with Crippen LogP contribution < -0.4 is 5.73 Å². The predicted octanol–water partition coefficient (Wildman–Crippen LogP) is 2.26. The Morgan fingerprint density at radius 1 is 1.50 bits per heavy atom. The first-order chi connectivity index (χ1) is 4.75. The molecule has 0 aliphatic carbocycles. The molecule has 0 heterocycles. The molecule has 0 saturated heterocycles. The Morgan fingerprint density at radius 2 is 2.20 bits per heavy atom. The van der Waals surface area contributed by atoms with Gasteiger partial charge in [0.15, 0.2) is 0 Å². The maximum Gasteiger partial charge on any atom is 0.146 e. The van der Waals surface area contributed by atoms with Gasteiger partial charge in [0, 0.05) is 12.1 Å². The van der Waals surface area contributed by atoms with Crippen LogP contribution in [0.25, 0.3) is 0 Å². The normalized spacial score (nSPS) is 9.90. The SMILES string of the molecule is [NH]Cc1cccc(Cl)c1F. The van der Waals surface area contributed by atoms with Crippen LogP contribution in [0.5, 0.6) is 0 Å². The quantitative estimate of drug-likeness (QED) is 0.599. The highest BCUT2D eigenvalue weighted by atomic mass is 35.5. The maximum absolute atomic E-state index is 12.8. The molecule has 1 aromatic carbocycles. The number of nitrogens with one attached hydrogen (secondary N) is 1. The molecule has 10 heavy (non-hydrogen) atoms. The Balaban J connectivity index is 3.14. The predicted molar refractivity (Wildman–Crippen MR) is 38.2 cm³/mol. The second-order valence-electron chi connectivity index (χ2n) is 1.89. The van der Waals surface area contributed by atoms with Gasteiger partial charge in [-0.2, -0.15) is 0 Å². The van der Waals surface area contributed by atoms with Gasteiger partial charge in [-0.3, -0.25) is 5.73 Å². The van der Waals surface area contributed by atoms with E-state index in [2.05, 4.69) is 0 Å². The number of benzene rings is 1. The molecule has 1 N–H and O–H groups in total. The highest BCUT2D eigenvalue weighted by Crippen LogP contribution is 2.16. The zero-order valence-corrected chi connectivity index (χ0v) is 5.95. The summed E-state index contributed by atoms with van der Waals surface area (Å²) >= 11 is 5.43. The molecular formula is C7H6ClFN. The van der Waals surface area contributed by atoms with E-state index in [1.807, 2.05) is 0 Å². The van der Waals surface area contributed by atoms with Crippen LogP contribution in [0.4, 0.5) is 4.39 Å². The van der Waals surface area contributed by atoms with Crippen molar-refractivity contribution in [2.24, 2.45) is 0 Å². The first-order valence-corrected chi connectivity index (χ1v) is 3.21. The first kappa shape index (κ1) is 7.51. The lowest BCUT2D eigenvalue weighted by molar-refractivity contribution is 0.610. The zero-order valence-electron chi connectivity index (χ0n) is 5.20. The molecule has 0 amide bonds. The van der Waals surface area contributed by atoms with Crippen molar-refractivity contribution in [2.45, 2.75) is 6.54 Å². The Kier molecular flexibility index (Phi) is 2.25. The lowest BCUT2D eigenvalue weighted by Crippen LogP contribution is -1.90. The van der Waals surface area contributed by atoms with E-state index in [0.29, 0.717) is 5.56 Å². The molecule has 1 rings (SSSR count). The van der Waals surface area contributed by atoms with E-state index in [1.54, 1.807) is 12.1 Å². The van der Waals surface area contributed by atoms with Crippen LogP contribution in [0.3, 0.4) is 0 Å². The van der Waals surface area contributed by atoms with Crippen LogP contribution in [-0.4, -0.2) is 0 Å². The molecule has 1 nitrogen and oxygen atoms in total. The first-order valence-electron chi connectivity index (χ1n) is 2.83. The van der Waals surface area contributed by atoms with E-state index in [0.717, 1.165) is 0 Å².